The molecule has 0 saturated carbocycles. The Hall–Kier alpha value is -7.83. The summed E-state index contributed by atoms with van der Waals surface area (Å²) >= 11 is -10.6. The molecule has 6 rings (SSSR count). The molecule has 0 amide bonds. The average Bonchev–Trinajstić information content (AvgIpc) is 3.51. The zero-order valence-electron chi connectivity index (χ0n) is 41.1. The normalized spacial score (nSPS) is 11.7. The molecule has 6 N–H and O–H groups in total. The van der Waals surface area contributed by atoms with Crippen LogP contribution in [0.5, 0.6) is 34.5 Å². The molecule has 0 spiro atoms. The van der Waals surface area contributed by atoms with E-state index in [9.17, 15) is 79.3 Å². The van der Waals surface area contributed by atoms with Gasteiger partial charge in [0.05, 0.1) is 0 Å². The second kappa shape index (κ2) is 29.0. The van der Waals surface area contributed by atoms with E-state index in [2.05, 4.69) is 25.1 Å². The first-order valence-electron chi connectivity index (χ1n) is 21.3. The quantitative estimate of drug-likeness (QED) is 0.0373. The Kier molecular flexibility index (Phi) is 23.3. The average molecular weight is 1720 g/mol. The predicted octanol–water partition coefficient (Wildman–Crippen LogP) is 2.17. The third kappa shape index (κ3) is 23.2. The Morgan fingerprint density at radius 1 is 0.233 bits per heavy atom. The van der Waals surface area contributed by atoms with Gasteiger partial charge in [-0.05, 0) is 0 Å². The first-order chi connectivity index (χ1) is 39.8. The molecule has 0 aliphatic rings. The number of para-hydroxylation sites is 6. The molecule has 86 heavy (non-hydrogen) atoms. The number of hydrogen-bond acceptors (Lipinski definition) is 30. The molecular formula is C42H30Bi2O36S6. The van der Waals surface area contributed by atoms with Crippen LogP contribution in [0.2, 0.25) is 0 Å². The van der Waals surface area contributed by atoms with Crippen molar-refractivity contribution in [1.82, 2.24) is 0 Å². The molecule has 0 radical (unpaired) electrons. The Bertz CT molecular complexity index is 3580. The van der Waals surface area contributed by atoms with E-state index in [1.54, 1.807) is 0 Å². The van der Waals surface area contributed by atoms with Crippen molar-refractivity contribution in [2.24, 2.45) is 0 Å². The number of hydrogen-bond donors (Lipinski definition) is 6. The van der Waals surface area contributed by atoms with Gasteiger partial charge in [0.25, 0.3) is 0 Å². The number of rotatable bonds is 24. The summed E-state index contributed by atoms with van der Waals surface area (Å²) in [4.78, 5) is 77.5. The molecule has 6 aromatic carbocycles. The fraction of sp³-hybridized carbons (Fsp3) is 0. The Labute approximate surface area is 502 Å². The summed E-state index contributed by atoms with van der Waals surface area (Å²) in [6, 6.07) is 25.8. The van der Waals surface area contributed by atoms with Crippen LogP contribution in [0, 0.1) is 0 Å². The molecule has 460 valence electrons. The maximum absolute atomic E-state index is 12.9. The monoisotopic (exact) mass is 1720 g/mol. The molecule has 0 aromatic heterocycles. The second-order valence-electron chi connectivity index (χ2n) is 14.8. The molecule has 0 aliphatic heterocycles. The molecule has 0 unspecified atom stereocenters. The Morgan fingerprint density at radius 2 is 0.349 bits per heavy atom. The van der Waals surface area contributed by atoms with Gasteiger partial charge in [-0.15, -0.1) is 0 Å². The summed E-state index contributed by atoms with van der Waals surface area (Å²) in [6.07, 6.45) is 0. The van der Waals surface area contributed by atoms with E-state index in [0.717, 1.165) is 72.8 Å². The molecular weight excluding hydrogens is 1690 g/mol. The van der Waals surface area contributed by atoms with Crippen molar-refractivity contribution >= 4 is 144 Å². The zero-order chi connectivity index (χ0) is 64.0. The van der Waals surface area contributed by atoms with E-state index < -0.39 is 212 Å². The van der Waals surface area contributed by atoms with Gasteiger partial charge >= 0.3 is 506 Å². The SMILES string of the molecule is O=C([O][Bi]([O]C(=O)c1ccccc1OS(=O)(=O)O)[O]C(=O)c1ccccc1OS(=O)(=O)O)c1ccccc1OS(=O)(=O)O.O=C([O][Bi]([O]C(=O)c1ccccc1OS(=O)(=O)O)[O]C(=O)c1ccccc1OS(=O)(=O)O)c1ccccc1OS(=O)(=O)O. The van der Waals surface area contributed by atoms with Crippen LogP contribution in [-0.2, 0) is 79.3 Å². The van der Waals surface area contributed by atoms with Gasteiger partial charge in [0.2, 0.25) is 0 Å². The van der Waals surface area contributed by atoms with Gasteiger partial charge < -0.3 is 0 Å². The van der Waals surface area contributed by atoms with Crippen molar-refractivity contribution in [1.29, 1.82) is 0 Å². The summed E-state index contributed by atoms with van der Waals surface area (Å²) in [5.74, 6) is -13.5. The topological polar surface area (TPSA) is 539 Å². The predicted molar refractivity (Wildman–Crippen MR) is 276 cm³/mol. The Morgan fingerprint density at radius 3 is 0.465 bits per heavy atom. The van der Waals surface area contributed by atoms with Crippen molar-refractivity contribution in [3.8, 4) is 34.5 Å². The van der Waals surface area contributed by atoms with Gasteiger partial charge in [-0.3, -0.25) is 0 Å². The van der Waals surface area contributed by atoms with Crippen LogP contribution in [0.15, 0.2) is 146 Å². The molecule has 0 fully saturated rings. The van der Waals surface area contributed by atoms with Crippen molar-refractivity contribution < 1.29 is 149 Å². The number of benzene rings is 6. The third-order valence-corrected chi connectivity index (χ3v) is 18.4. The van der Waals surface area contributed by atoms with E-state index in [-0.39, 0.29) is 0 Å². The van der Waals surface area contributed by atoms with Gasteiger partial charge in [-0.1, -0.05) is 0 Å². The van der Waals surface area contributed by atoms with Crippen LogP contribution in [0.1, 0.15) is 62.1 Å². The van der Waals surface area contributed by atoms with E-state index in [1.807, 2.05) is 0 Å². The maximum atomic E-state index is 12.9. The van der Waals surface area contributed by atoms with E-state index >= 15 is 0 Å². The van der Waals surface area contributed by atoms with E-state index in [0.29, 0.717) is 0 Å². The molecule has 0 atom stereocenters. The van der Waals surface area contributed by atoms with Gasteiger partial charge in [0.15, 0.2) is 0 Å². The van der Waals surface area contributed by atoms with Crippen molar-refractivity contribution in [2.45, 2.75) is 0 Å². The summed E-state index contributed by atoms with van der Waals surface area (Å²) < 4.78 is 244. The first kappa shape index (κ1) is 68.9. The fourth-order valence-electron chi connectivity index (χ4n) is 5.74. The first-order valence-corrected chi connectivity index (χ1v) is 38.0. The fourth-order valence-corrected chi connectivity index (χ4v) is 14.3. The van der Waals surface area contributed by atoms with Gasteiger partial charge in [-0.25, -0.2) is 0 Å². The zero-order valence-corrected chi connectivity index (χ0v) is 53.0. The van der Waals surface area contributed by atoms with Crippen LogP contribution in [-0.4, -0.2) is 160 Å². The molecule has 0 saturated heterocycles. The molecule has 0 aliphatic carbocycles. The van der Waals surface area contributed by atoms with Crippen LogP contribution in [0.3, 0.4) is 0 Å². The minimum absolute atomic E-state index is 0.669. The number of carbonyl (C=O) groups excluding carboxylic acids is 6. The molecule has 0 bridgehead atoms. The summed E-state index contributed by atoms with van der Waals surface area (Å²) in [6.45, 7) is 0. The van der Waals surface area contributed by atoms with Gasteiger partial charge in [0.1, 0.15) is 0 Å². The van der Waals surface area contributed by atoms with Crippen LogP contribution in [0.25, 0.3) is 0 Å². The summed E-state index contributed by atoms with van der Waals surface area (Å²) in [7, 11) is -30.8. The second-order valence-corrected chi connectivity index (χ2v) is 28.6. The van der Waals surface area contributed by atoms with Gasteiger partial charge in [-0.2, -0.15) is 0 Å². The van der Waals surface area contributed by atoms with Crippen molar-refractivity contribution in [2.75, 3.05) is 0 Å². The molecule has 6 aromatic rings. The summed E-state index contributed by atoms with van der Waals surface area (Å²) in [5.41, 5.74) is -4.01. The molecule has 0 heterocycles. The van der Waals surface area contributed by atoms with Gasteiger partial charge in [0, 0.05) is 0 Å². The van der Waals surface area contributed by atoms with Crippen LogP contribution >= 0.6 is 0 Å². The number of carbonyl (C=O) groups is 6. The molecule has 44 heteroatoms. The third-order valence-electron chi connectivity index (χ3n) is 8.76. The van der Waals surface area contributed by atoms with E-state index in [4.69, 9.17) is 44.2 Å². The van der Waals surface area contributed by atoms with Crippen molar-refractivity contribution in [3.05, 3.63) is 179 Å². The molecule has 36 nitrogen and oxygen atoms in total. The van der Waals surface area contributed by atoms with Crippen LogP contribution < -0.4 is 25.1 Å². The van der Waals surface area contributed by atoms with E-state index in [1.165, 1.54) is 72.8 Å². The summed E-state index contributed by atoms with van der Waals surface area (Å²) in [5, 5.41) is 0. The van der Waals surface area contributed by atoms with Crippen molar-refractivity contribution in [3.63, 3.8) is 0 Å². The standard InChI is InChI=1S/6C7H6O6S.2Bi/c6*8-7(9)5-3-1-2-4-6(5)13-14(10,11)12;;/h6*1-4H,(H,8,9)(H,10,11,12);;/q;;;;;;2*+3/p-6. The minimum atomic E-state index is -5.32. The Balaban J connectivity index is 0.000000314. The van der Waals surface area contributed by atoms with Crippen LogP contribution in [0.4, 0.5) is 0 Å².